The fourth-order valence-corrected chi connectivity index (χ4v) is 3.49. The predicted octanol–water partition coefficient (Wildman–Crippen LogP) is 2.56. The second kappa shape index (κ2) is 5.99. The molecule has 0 bridgehead atoms. The van der Waals surface area contributed by atoms with Gasteiger partial charge < -0.3 is 0 Å². The van der Waals surface area contributed by atoms with Gasteiger partial charge in [-0.2, -0.15) is 0 Å². The van der Waals surface area contributed by atoms with E-state index >= 15 is 0 Å². The standard InChI is InChI=1S/C15H12N4O2S2/c1-2-11-14(12-6-3-7-13(18-12)23(16,20)21)22-15(19-11)10-5-4-8-17-9-10/h2-9H,1H2,(H2,16,20,21). The van der Waals surface area contributed by atoms with Gasteiger partial charge in [0.05, 0.1) is 16.3 Å². The highest BCUT2D eigenvalue weighted by atomic mass is 32.2. The van der Waals surface area contributed by atoms with Gasteiger partial charge in [0.2, 0.25) is 0 Å². The number of sulfonamides is 1. The molecule has 3 aromatic rings. The van der Waals surface area contributed by atoms with Gasteiger partial charge >= 0.3 is 0 Å². The Morgan fingerprint density at radius 3 is 2.65 bits per heavy atom. The fraction of sp³-hybridized carbons (Fsp3) is 0. The molecule has 0 aliphatic heterocycles. The first kappa shape index (κ1) is 15.5. The normalized spacial score (nSPS) is 11.3. The zero-order valence-electron chi connectivity index (χ0n) is 11.9. The molecule has 3 heterocycles. The molecular weight excluding hydrogens is 332 g/mol. The van der Waals surface area contributed by atoms with Crippen LogP contribution < -0.4 is 5.14 Å². The minimum Gasteiger partial charge on any atom is -0.264 e. The first-order valence-electron chi connectivity index (χ1n) is 6.53. The lowest BCUT2D eigenvalue weighted by Gasteiger charge is -2.01. The summed E-state index contributed by atoms with van der Waals surface area (Å²) in [5, 5.41) is 5.72. The third-order valence-corrected chi connectivity index (χ3v) is 4.96. The van der Waals surface area contributed by atoms with Crippen LogP contribution in [0.3, 0.4) is 0 Å². The second-order valence-corrected chi connectivity index (χ2v) is 7.09. The molecule has 6 nitrogen and oxygen atoms in total. The molecule has 0 aliphatic carbocycles. The lowest BCUT2D eigenvalue weighted by Crippen LogP contribution is -2.14. The largest absolute Gasteiger partial charge is 0.264 e. The molecule has 3 rings (SSSR count). The van der Waals surface area contributed by atoms with Gasteiger partial charge in [0.1, 0.15) is 5.01 Å². The Bertz CT molecular complexity index is 966. The van der Waals surface area contributed by atoms with Crippen molar-refractivity contribution in [2.24, 2.45) is 5.14 Å². The molecule has 0 fully saturated rings. The minimum absolute atomic E-state index is 0.179. The number of pyridine rings is 2. The van der Waals surface area contributed by atoms with Crippen molar-refractivity contribution in [3.05, 3.63) is 55.0 Å². The molecule has 0 radical (unpaired) electrons. The quantitative estimate of drug-likeness (QED) is 0.784. The summed E-state index contributed by atoms with van der Waals surface area (Å²) in [7, 11) is -3.86. The number of aromatic nitrogens is 3. The average Bonchev–Trinajstić information content (AvgIpc) is 2.99. The molecule has 0 atom stereocenters. The maximum Gasteiger partial charge on any atom is 0.255 e. The second-order valence-electron chi connectivity index (χ2n) is 4.59. The minimum atomic E-state index is -3.86. The first-order valence-corrected chi connectivity index (χ1v) is 8.89. The molecule has 116 valence electrons. The fourth-order valence-electron chi connectivity index (χ4n) is 1.97. The van der Waals surface area contributed by atoms with E-state index in [2.05, 4.69) is 21.5 Å². The van der Waals surface area contributed by atoms with E-state index in [0.717, 1.165) is 15.4 Å². The van der Waals surface area contributed by atoms with Gasteiger partial charge in [0.25, 0.3) is 10.0 Å². The van der Waals surface area contributed by atoms with Crippen molar-refractivity contribution >= 4 is 27.4 Å². The van der Waals surface area contributed by atoms with Gasteiger partial charge in [-0.05, 0) is 30.3 Å². The van der Waals surface area contributed by atoms with Crippen LogP contribution in [0, 0.1) is 0 Å². The van der Waals surface area contributed by atoms with Crippen molar-refractivity contribution in [2.75, 3.05) is 0 Å². The Labute approximate surface area is 137 Å². The summed E-state index contributed by atoms with van der Waals surface area (Å²) < 4.78 is 22.9. The van der Waals surface area contributed by atoms with Crippen LogP contribution >= 0.6 is 11.3 Å². The molecule has 23 heavy (non-hydrogen) atoms. The lowest BCUT2D eigenvalue weighted by atomic mass is 10.2. The Morgan fingerprint density at radius 1 is 1.17 bits per heavy atom. The van der Waals surface area contributed by atoms with Crippen LogP contribution in [0.1, 0.15) is 5.69 Å². The van der Waals surface area contributed by atoms with Crippen molar-refractivity contribution in [3.63, 3.8) is 0 Å². The van der Waals surface area contributed by atoms with Crippen LogP contribution in [0.5, 0.6) is 0 Å². The molecule has 0 amide bonds. The summed E-state index contributed by atoms with van der Waals surface area (Å²) in [6.45, 7) is 3.75. The van der Waals surface area contributed by atoms with E-state index in [9.17, 15) is 8.42 Å². The smallest absolute Gasteiger partial charge is 0.255 e. The Balaban J connectivity index is 2.14. The zero-order chi connectivity index (χ0) is 16.4. The average molecular weight is 344 g/mol. The van der Waals surface area contributed by atoms with Gasteiger partial charge in [-0.1, -0.05) is 12.6 Å². The van der Waals surface area contributed by atoms with Crippen LogP contribution in [-0.2, 0) is 10.0 Å². The third-order valence-electron chi connectivity index (χ3n) is 3.00. The highest BCUT2D eigenvalue weighted by Gasteiger charge is 2.16. The van der Waals surface area contributed by atoms with Crippen LogP contribution in [0.25, 0.3) is 27.2 Å². The summed E-state index contributed by atoms with van der Waals surface area (Å²) in [5.41, 5.74) is 1.99. The summed E-state index contributed by atoms with van der Waals surface area (Å²) in [6.07, 6.45) is 5.00. The number of thiazole rings is 1. The van der Waals surface area contributed by atoms with Gasteiger partial charge in [0, 0.05) is 18.0 Å². The van der Waals surface area contributed by atoms with Crippen molar-refractivity contribution in [2.45, 2.75) is 5.03 Å². The Kier molecular flexibility index (Phi) is 4.03. The van der Waals surface area contributed by atoms with E-state index in [1.54, 1.807) is 30.6 Å². The maximum atomic E-state index is 11.5. The van der Waals surface area contributed by atoms with Crippen molar-refractivity contribution in [3.8, 4) is 21.1 Å². The van der Waals surface area contributed by atoms with E-state index in [0.29, 0.717) is 11.4 Å². The number of nitrogens with zero attached hydrogens (tertiary/aromatic N) is 3. The molecule has 2 N–H and O–H groups in total. The van der Waals surface area contributed by atoms with Gasteiger partial charge in [-0.3, -0.25) is 4.98 Å². The van der Waals surface area contributed by atoms with E-state index in [-0.39, 0.29) is 5.03 Å². The molecule has 0 saturated heterocycles. The van der Waals surface area contributed by atoms with Gasteiger partial charge in [-0.25, -0.2) is 23.5 Å². The summed E-state index contributed by atoms with van der Waals surface area (Å²) >= 11 is 1.39. The molecule has 0 unspecified atom stereocenters. The van der Waals surface area contributed by atoms with E-state index in [1.807, 2.05) is 12.1 Å². The summed E-state index contributed by atoms with van der Waals surface area (Å²) in [6, 6.07) is 8.39. The van der Waals surface area contributed by atoms with E-state index < -0.39 is 10.0 Å². The number of nitrogens with two attached hydrogens (primary N) is 1. The molecule has 0 spiro atoms. The number of hydrogen-bond acceptors (Lipinski definition) is 6. The first-order chi connectivity index (χ1) is 11.0. The molecule has 3 aromatic heterocycles. The molecule has 0 aliphatic rings. The van der Waals surface area contributed by atoms with Crippen LogP contribution in [-0.4, -0.2) is 23.4 Å². The van der Waals surface area contributed by atoms with E-state index in [1.165, 1.54) is 17.4 Å². The van der Waals surface area contributed by atoms with Crippen molar-refractivity contribution in [1.29, 1.82) is 0 Å². The van der Waals surface area contributed by atoms with E-state index in [4.69, 9.17) is 5.14 Å². The SMILES string of the molecule is C=Cc1nc(-c2cccnc2)sc1-c1cccc(S(N)(=O)=O)n1. The van der Waals surface area contributed by atoms with Crippen LogP contribution in [0.4, 0.5) is 0 Å². The number of hydrogen-bond donors (Lipinski definition) is 1. The van der Waals surface area contributed by atoms with Crippen LogP contribution in [0.2, 0.25) is 0 Å². The van der Waals surface area contributed by atoms with Crippen molar-refractivity contribution < 1.29 is 8.42 Å². The molecule has 8 heteroatoms. The highest BCUT2D eigenvalue weighted by Crippen LogP contribution is 2.35. The monoisotopic (exact) mass is 344 g/mol. The van der Waals surface area contributed by atoms with Crippen molar-refractivity contribution in [1.82, 2.24) is 15.0 Å². The maximum absolute atomic E-state index is 11.5. The molecule has 0 aromatic carbocycles. The Morgan fingerprint density at radius 2 is 2.00 bits per heavy atom. The summed E-state index contributed by atoms with van der Waals surface area (Å²) in [4.78, 5) is 13.4. The Hall–Kier alpha value is -2.42. The van der Waals surface area contributed by atoms with Gasteiger partial charge in [-0.15, -0.1) is 11.3 Å². The third kappa shape index (κ3) is 3.19. The lowest BCUT2D eigenvalue weighted by molar-refractivity contribution is 0.594. The zero-order valence-corrected chi connectivity index (χ0v) is 13.5. The highest BCUT2D eigenvalue weighted by molar-refractivity contribution is 7.89. The van der Waals surface area contributed by atoms with Crippen LogP contribution in [0.15, 0.2) is 54.3 Å². The number of primary sulfonamides is 1. The molecule has 0 saturated carbocycles. The topological polar surface area (TPSA) is 98.8 Å². The van der Waals surface area contributed by atoms with Gasteiger partial charge in [0.15, 0.2) is 5.03 Å². The summed E-state index contributed by atoms with van der Waals surface area (Å²) in [5.74, 6) is 0. The molecular formula is C15H12N4O2S2. The number of rotatable bonds is 4. The predicted molar refractivity (Wildman–Crippen MR) is 90.0 cm³/mol.